The minimum atomic E-state index is -3.72. The summed E-state index contributed by atoms with van der Waals surface area (Å²) in [4.78, 5) is 23.5. The zero-order valence-corrected chi connectivity index (χ0v) is 14.7. The van der Waals surface area contributed by atoms with Crippen LogP contribution >= 0.6 is 0 Å². The van der Waals surface area contributed by atoms with Gasteiger partial charge in [0.15, 0.2) is 5.82 Å². The first-order valence-electron chi connectivity index (χ1n) is 7.10. The van der Waals surface area contributed by atoms with E-state index in [1.807, 2.05) is 0 Å². The van der Waals surface area contributed by atoms with Crippen LogP contribution in [-0.4, -0.2) is 45.4 Å². The van der Waals surface area contributed by atoms with Crippen molar-refractivity contribution >= 4 is 33.4 Å². The Morgan fingerprint density at radius 1 is 1.28 bits per heavy atom. The van der Waals surface area contributed by atoms with Gasteiger partial charge in [-0.25, -0.2) is 17.5 Å². The number of nitrogens with one attached hydrogen (secondary N) is 1. The van der Waals surface area contributed by atoms with Crippen molar-refractivity contribution in [2.45, 2.75) is 6.92 Å². The molecule has 0 aliphatic heterocycles. The van der Waals surface area contributed by atoms with Gasteiger partial charge in [-0.05, 0) is 31.2 Å². The van der Waals surface area contributed by atoms with Crippen LogP contribution in [0.3, 0.4) is 0 Å². The predicted octanol–water partition coefficient (Wildman–Crippen LogP) is 1.17. The molecule has 0 saturated carbocycles. The van der Waals surface area contributed by atoms with Gasteiger partial charge < -0.3 is 14.6 Å². The largest absolute Gasteiger partial charge is 0.465 e. The Hall–Kier alpha value is -2.88. The molecule has 0 bridgehead atoms. The van der Waals surface area contributed by atoms with Gasteiger partial charge in [0.25, 0.3) is 0 Å². The first-order valence-corrected chi connectivity index (χ1v) is 8.95. The van der Waals surface area contributed by atoms with E-state index in [-0.39, 0.29) is 5.82 Å². The molecule has 134 valence electrons. The number of ether oxygens (including phenoxy) is 1. The first-order chi connectivity index (χ1) is 11.7. The second-order valence-electron chi connectivity index (χ2n) is 5.18. The molecule has 9 nitrogen and oxygen atoms in total. The highest BCUT2D eigenvalue weighted by molar-refractivity contribution is 7.92. The average Bonchev–Trinajstić information content (AvgIpc) is 2.97. The third-order valence-corrected chi connectivity index (χ3v) is 4.27. The lowest BCUT2D eigenvalue weighted by Gasteiger charge is -2.18. The molecule has 0 saturated heterocycles. The van der Waals surface area contributed by atoms with Crippen LogP contribution in [0, 0.1) is 6.92 Å². The molecule has 0 radical (unpaired) electrons. The molecule has 0 atom stereocenters. The van der Waals surface area contributed by atoms with Crippen molar-refractivity contribution in [1.82, 2.24) is 5.16 Å². The number of hydrogen-bond donors (Lipinski definition) is 1. The number of methoxy groups -OCH3 is 1. The van der Waals surface area contributed by atoms with E-state index in [9.17, 15) is 18.0 Å². The molecule has 0 aliphatic carbocycles. The number of amides is 1. The summed E-state index contributed by atoms with van der Waals surface area (Å²) < 4.78 is 34.1. The van der Waals surface area contributed by atoms with Crippen LogP contribution in [0.5, 0.6) is 0 Å². The Labute approximate surface area is 144 Å². The van der Waals surface area contributed by atoms with E-state index < -0.39 is 28.4 Å². The van der Waals surface area contributed by atoms with Crippen LogP contribution in [0.1, 0.15) is 16.1 Å². The lowest BCUT2D eigenvalue weighted by atomic mass is 10.2. The van der Waals surface area contributed by atoms with Crippen LogP contribution in [0.15, 0.2) is 34.9 Å². The highest BCUT2D eigenvalue weighted by Gasteiger charge is 2.23. The van der Waals surface area contributed by atoms with Gasteiger partial charge in [0.1, 0.15) is 12.3 Å². The van der Waals surface area contributed by atoms with E-state index in [1.165, 1.54) is 37.4 Å². The SMILES string of the molecule is COC(=O)c1ccc(NC(=O)CN(c2cc(C)on2)S(C)(=O)=O)cc1. The number of anilines is 2. The standard InChI is InChI=1S/C15H17N3O6S/c1-10-8-13(17-24-10)18(25(3,21)22)9-14(19)16-12-6-4-11(5-7-12)15(20)23-2/h4-8H,9H2,1-3H3,(H,16,19). The fraction of sp³-hybridized carbons (Fsp3) is 0.267. The Morgan fingerprint density at radius 2 is 1.92 bits per heavy atom. The number of aryl methyl sites for hydroxylation is 1. The average molecular weight is 367 g/mol. The van der Waals surface area contributed by atoms with Crippen molar-refractivity contribution in [2.24, 2.45) is 0 Å². The molecule has 0 unspecified atom stereocenters. The Bertz CT molecular complexity index is 873. The maximum Gasteiger partial charge on any atom is 0.337 e. The summed E-state index contributed by atoms with van der Waals surface area (Å²) in [6.45, 7) is 1.14. The smallest absolute Gasteiger partial charge is 0.337 e. The zero-order chi connectivity index (χ0) is 18.6. The number of esters is 1. The van der Waals surface area contributed by atoms with Gasteiger partial charge in [-0.15, -0.1) is 0 Å². The normalized spacial score (nSPS) is 11.0. The Balaban J connectivity index is 2.10. The fourth-order valence-electron chi connectivity index (χ4n) is 1.98. The Kier molecular flexibility index (Phi) is 5.42. The van der Waals surface area contributed by atoms with E-state index in [0.717, 1.165) is 10.6 Å². The molecule has 1 heterocycles. The lowest BCUT2D eigenvalue weighted by Crippen LogP contribution is -2.37. The molecule has 0 fully saturated rings. The molecule has 1 N–H and O–H groups in total. The van der Waals surface area contributed by atoms with Gasteiger partial charge in [-0.3, -0.25) is 4.79 Å². The van der Waals surface area contributed by atoms with Crippen molar-refractivity contribution in [3.63, 3.8) is 0 Å². The predicted molar refractivity (Wildman–Crippen MR) is 89.8 cm³/mol. The molecule has 2 aromatic rings. The van der Waals surface area contributed by atoms with Crippen molar-refractivity contribution in [1.29, 1.82) is 0 Å². The maximum atomic E-state index is 12.2. The molecule has 1 aromatic heterocycles. The number of carbonyl (C=O) groups excluding carboxylic acids is 2. The highest BCUT2D eigenvalue weighted by atomic mass is 32.2. The number of rotatable bonds is 6. The third kappa shape index (κ3) is 4.80. The first kappa shape index (κ1) is 18.5. The molecule has 0 spiro atoms. The van der Waals surface area contributed by atoms with Crippen LogP contribution in [-0.2, 0) is 19.6 Å². The van der Waals surface area contributed by atoms with Gasteiger partial charge in [0.05, 0.1) is 18.9 Å². The molecular formula is C15H17N3O6S. The summed E-state index contributed by atoms with van der Waals surface area (Å²) in [7, 11) is -2.46. The highest BCUT2D eigenvalue weighted by Crippen LogP contribution is 2.17. The second kappa shape index (κ2) is 7.34. The zero-order valence-electron chi connectivity index (χ0n) is 13.8. The number of carbonyl (C=O) groups is 2. The van der Waals surface area contributed by atoms with Crippen LogP contribution < -0.4 is 9.62 Å². The summed E-state index contributed by atoms with van der Waals surface area (Å²) in [5.74, 6) is -0.627. The van der Waals surface area contributed by atoms with E-state index in [4.69, 9.17) is 4.52 Å². The summed E-state index contributed by atoms with van der Waals surface area (Å²) >= 11 is 0. The summed E-state index contributed by atoms with van der Waals surface area (Å²) in [6.07, 6.45) is 0.968. The molecule has 1 aromatic carbocycles. The third-order valence-electron chi connectivity index (χ3n) is 3.15. The molecular weight excluding hydrogens is 350 g/mol. The number of benzene rings is 1. The topological polar surface area (TPSA) is 119 Å². The number of sulfonamides is 1. The lowest BCUT2D eigenvalue weighted by molar-refractivity contribution is -0.114. The molecule has 2 rings (SSSR count). The van der Waals surface area contributed by atoms with Crippen molar-refractivity contribution in [3.8, 4) is 0 Å². The molecule has 10 heteroatoms. The van der Waals surface area contributed by atoms with Gasteiger partial charge in [0.2, 0.25) is 15.9 Å². The number of hydrogen-bond acceptors (Lipinski definition) is 7. The van der Waals surface area contributed by atoms with Gasteiger partial charge in [-0.1, -0.05) is 5.16 Å². The van der Waals surface area contributed by atoms with Crippen LogP contribution in [0.25, 0.3) is 0 Å². The van der Waals surface area contributed by atoms with Gasteiger partial charge in [0, 0.05) is 11.8 Å². The van der Waals surface area contributed by atoms with E-state index in [0.29, 0.717) is 17.0 Å². The van der Waals surface area contributed by atoms with Crippen LogP contribution in [0.2, 0.25) is 0 Å². The molecule has 1 amide bonds. The van der Waals surface area contributed by atoms with E-state index in [1.54, 1.807) is 6.92 Å². The van der Waals surface area contributed by atoms with Crippen molar-refractivity contribution < 1.29 is 27.3 Å². The second-order valence-corrected chi connectivity index (χ2v) is 7.09. The van der Waals surface area contributed by atoms with E-state index >= 15 is 0 Å². The summed E-state index contributed by atoms with van der Waals surface area (Å²) in [6, 6.07) is 7.40. The molecule has 0 aliphatic rings. The van der Waals surface area contributed by atoms with Gasteiger partial charge in [-0.2, -0.15) is 0 Å². The number of aromatic nitrogens is 1. The fourth-order valence-corrected chi connectivity index (χ4v) is 2.75. The summed E-state index contributed by atoms with van der Waals surface area (Å²) in [5.41, 5.74) is 0.735. The van der Waals surface area contributed by atoms with Crippen LogP contribution in [0.4, 0.5) is 11.5 Å². The monoisotopic (exact) mass is 367 g/mol. The maximum absolute atomic E-state index is 12.2. The van der Waals surface area contributed by atoms with Gasteiger partial charge >= 0.3 is 5.97 Å². The van der Waals surface area contributed by atoms with E-state index in [2.05, 4.69) is 15.2 Å². The quantitative estimate of drug-likeness (QED) is 0.761. The minimum Gasteiger partial charge on any atom is -0.465 e. The van der Waals surface area contributed by atoms with Crippen molar-refractivity contribution in [2.75, 3.05) is 29.5 Å². The van der Waals surface area contributed by atoms with Crippen molar-refractivity contribution in [3.05, 3.63) is 41.7 Å². The Morgan fingerprint density at radius 3 is 2.40 bits per heavy atom. The molecule has 25 heavy (non-hydrogen) atoms. The summed E-state index contributed by atoms with van der Waals surface area (Å²) in [5, 5.41) is 6.17. The number of nitrogens with zero attached hydrogens (tertiary/aromatic N) is 2. The minimum absolute atomic E-state index is 0.0242.